The zero-order valence-corrected chi connectivity index (χ0v) is 15.1. The van der Waals surface area contributed by atoms with Crippen LogP contribution in [0.2, 0.25) is 0 Å². The van der Waals surface area contributed by atoms with Crippen molar-refractivity contribution in [2.24, 2.45) is 0 Å². The molecule has 0 radical (unpaired) electrons. The summed E-state index contributed by atoms with van der Waals surface area (Å²) in [5, 5.41) is 0. The zero-order valence-electron chi connectivity index (χ0n) is 15.1. The zero-order chi connectivity index (χ0) is 19.4. The van der Waals surface area contributed by atoms with Crippen LogP contribution in [0.25, 0.3) is 0 Å². The second-order valence-corrected chi connectivity index (χ2v) is 5.32. The van der Waals surface area contributed by atoms with Gasteiger partial charge in [-0.2, -0.15) is 0 Å². The molecule has 0 fully saturated rings. The summed E-state index contributed by atoms with van der Waals surface area (Å²) in [5.41, 5.74) is 0.724. The minimum atomic E-state index is -0.851. The molecule has 1 rings (SSSR count). The number of esters is 3. The molecule has 1 aromatic carbocycles. The highest BCUT2D eigenvalue weighted by Gasteiger charge is 2.17. The van der Waals surface area contributed by atoms with Crippen molar-refractivity contribution in [3.63, 3.8) is 0 Å². The summed E-state index contributed by atoms with van der Waals surface area (Å²) < 4.78 is 19.9. The van der Waals surface area contributed by atoms with E-state index in [-0.39, 0.29) is 25.2 Å². The quantitative estimate of drug-likeness (QED) is 0.258. The molecule has 7 nitrogen and oxygen atoms in total. The molecular weight excluding hydrogens is 340 g/mol. The molecule has 7 heteroatoms. The van der Waals surface area contributed by atoms with Gasteiger partial charge >= 0.3 is 17.9 Å². The van der Waals surface area contributed by atoms with Gasteiger partial charge in [0.15, 0.2) is 6.61 Å². The summed E-state index contributed by atoms with van der Waals surface area (Å²) in [6.45, 7) is 7.35. The first kappa shape index (κ1) is 21.4. The molecule has 1 atom stereocenters. The monoisotopic (exact) mass is 364 g/mol. The van der Waals surface area contributed by atoms with E-state index in [1.165, 1.54) is 0 Å². The lowest BCUT2D eigenvalue weighted by molar-refractivity contribution is -0.160. The number of ether oxygens (including phenoxy) is 4. The average Bonchev–Trinajstić information content (AvgIpc) is 2.63. The number of carbonyl (C=O) groups excluding carboxylic acids is 3. The maximum atomic E-state index is 11.8. The summed E-state index contributed by atoms with van der Waals surface area (Å²) in [7, 11) is 0. The molecule has 0 N–H and O–H groups in total. The molecule has 0 saturated carbocycles. The normalized spacial score (nSPS) is 11.3. The minimum Gasteiger partial charge on any atom is -0.463 e. The Bertz CT molecular complexity index is 610. The minimum absolute atomic E-state index is 0.0959. The third kappa shape index (κ3) is 8.43. The molecule has 0 heterocycles. The lowest BCUT2D eigenvalue weighted by Crippen LogP contribution is -2.20. The summed E-state index contributed by atoms with van der Waals surface area (Å²) >= 11 is 0. The number of carbonyl (C=O) groups is 3. The predicted molar refractivity (Wildman–Crippen MR) is 93.1 cm³/mol. The standard InChI is InChI=1S/C19H24O7/c1-4-23-10-11-24-17(20)12-14(2)19(22)25-13-18(21)26-15(3)16-8-6-5-7-9-16/h5-9,15H,2,4,10-13H2,1,3H3. The van der Waals surface area contributed by atoms with Gasteiger partial charge in [0.25, 0.3) is 0 Å². The first-order chi connectivity index (χ1) is 12.4. The van der Waals surface area contributed by atoms with Gasteiger partial charge in [-0.25, -0.2) is 9.59 Å². The molecule has 0 saturated heterocycles. The van der Waals surface area contributed by atoms with Crippen LogP contribution in [0.5, 0.6) is 0 Å². The molecule has 1 aromatic rings. The first-order valence-electron chi connectivity index (χ1n) is 8.26. The molecule has 0 bridgehead atoms. The van der Waals surface area contributed by atoms with E-state index in [1.54, 1.807) is 6.92 Å². The van der Waals surface area contributed by atoms with Gasteiger partial charge in [-0.3, -0.25) is 4.79 Å². The smallest absolute Gasteiger partial charge is 0.344 e. The van der Waals surface area contributed by atoms with Gasteiger partial charge in [0.05, 0.1) is 13.0 Å². The number of hydrogen-bond acceptors (Lipinski definition) is 7. The Balaban J connectivity index is 2.28. The summed E-state index contributed by atoms with van der Waals surface area (Å²) in [6, 6.07) is 9.16. The van der Waals surface area contributed by atoms with Crippen molar-refractivity contribution in [1.82, 2.24) is 0 Å². The molecule has 0 aromatic heterocycles. The third-order valence-electron chi connectivity index (χ3n) is 3.24. The molecule has 0 spiro atoms. The van der Waals surface area contributed by atoms with Crippen LogP contribution in [0.4, 0.5) is 0 Å². The molecular formula is C19H24O7. The van der Waals surface area contributed by atoms with Crippen molar-refractivity contribution in [2.75, 3.05) is 26.4 Å². The van der Waals surface area contributed by atoms with Crippen LogP contribution in [0.3, 0.4) is 0 Å². The van der Waals surface area contributed by atoms with Crippen molar-refractivity contribution >= 4 is 17.9 Å². The van der Waals surface area contributed by atoms with E-state index in [0.29, 0.717) is 6.61 Å². The maximum Gasteiger partial charge on any atom is 0.344 e. The molecule has 0 aliphatic rings. The number of hydrogen-bond donors (Lipinski definition) is 0. The average molecular weight is 364 g/mol. The fourth-order valence-corrected chi connectivity index (χ4v) is 1.91. The highest BCUT2D eigenvalue weighted by molar-refractivity contribution is 5.94. The maximum absolute atomic E-state index is 11.8. The van der Waals surface area contributed by atoms with Gasteiger partial charge in [0, 0.05) is 12.2 Å². The number of benzene rings is 1. The van der Waals surface area contributed by atoms with Crippen LogP contribution in [-0.2, 0) is 33.3 Å². The Labute approximate surface area is 152 Å². The van der Waals surface area contributed by atoms with Crippen LogP contribution < -0.4 is 0 Å². The van der Waals surface area contributed by atoms with Gasteiger partial charge in [0.2, 0.25) is 0 Å². The molecule has 26 heavy (non-hydrogen) atoms. The van der Waals surface area contributed by atoms with Crippen molar-refractivity contribution in [3.05, 3.63) is 48.0 Å². The Morgan fingerprint density at radius 2 is 1.73 bits per heavy atom. The Morgan fingerprint density at radius 1 is 1.04 bits per heavy atom. The van der Waals surface area contributed by atoms with Gasteiger partial charge in [-0.15, -0.1) is 0 Å². The second kappa shape index (κ2) is 11.8. The van der Waals surface area contributed by atoms with Crippen LogP contribution in [0.1, 0.15) is 31.9 Å². The SMILES string of the molecule is C=C(CC(=O)OCCOCC)C(=O)OCC(=O)OC(C)c1ccccc1. The van der Waals surface area contributed by atoms with Crippen LogP contribution in [0, 0.1) is 0 Å². The van der Waals surface area contributed by atoms with Crippen molar-refractivity contribution in [3.8, 4) is 0 Å². The molecule has 0 aliphatic heterocycles. The van der Waals surface area contributed by atoms with Crippen molar-refractivity contribution in [1.29, 1.82) is 0 Å². The fourth-order valence-electron chi connectivity index (χ4n) is 1.91. The second-order valence-electron chi connectivity index (χ2n) is 5.32. The predicted octanol–water partition coefficient (Wildman–Crippen LogP) is 2.36. The van der Waals surface area contributed by atoms with Gasteiger partial charge in [0.1, 0.15) is 12.7 Å². The van der Waals surface area contributed by atoms with Crippen LogP contribution in [-0.4, -0.2) is 44.3 Å². The number of rotatable bonds is 11. The largest absolute Gasteiger partial charge is 0.463 e. The summed E-state index contributed by atoms with van der Waals surface area (Å²) in [5.74, 6) is -2.16. The summed E-state index contributed by atoms with van der Waals surface area (Å²) in [6.07, 6.45) is -0.786. The molecule has 0 amide bonds. The van der Waals surface area contributed by atoms with Crippen LogP contribution >= 0.6 is 0 Å². The molecule has 142 valence electrons. The fraction of sp³-hybridized carbons (Fsp3) is 0.421. The Kier molecular flexibility index (Phi) is 9.71. The van der Waals surface area contributed by atoms with Gasteiger partial charge < -0.3 is 18.9 Å². The summed E-state index contributed by atoms with van der Waals surface area (Å²) in [4.78, 5) is 35.0. The van der Waals surface area contributed by atoms with Crippen LogP contribution in [0.15, 0.2) is 42.5 Å². The highest BCUT2D eigenvalue weighted by Crippen LogP contribution is 2.16. The van der Waals surface area contributed by atoms with E-state index in [2.05, 4.69) is 6.58 Å². The molecule has 0 aliphatic carbocycles. The Hall–Kier alpha value is -2.67. The topological polar surface area (TPSA) is 88.1 Å². The van der Waals surface area contributed by atoms with E-state index in [4.69, 9.17) is 18.9 Å². The first-order valence-corrected chi connectivity index (χ1v) is 8.26. The van der Waals surface area contributed by atoms with E-state index in [0.717, 1.165) is 5.56 Å². The van der Waals surface area contributed by atoms with Gasteiger partial charge in [-0.1, -0.05) is 36.9 Å². The van der Waals surface area contributed by atoms with Crippen molar-refractivity contribution in [2.45, 2.75) is 26.4 Å². The molecule has 1 unspecified atom stereocenters. The van der Waals surface area contributed by atoms with E-state index in [1.807, 2.05) is 37.3 Å². The van der Waals surface area contributed by atoms with Gasteiger partial charge in [-0.05, 0) is 19.4 Å². The Morgan fingerprint density at radius 3 is 2.38 bits per heavy atom. The lowest BCUT2D eigenvalue weighted by atomic mass is 10.1. The van der Waals surface area contributed by atoms with E-state index >= 15 is 0 Å². The van der Waals surface area contributed by atoms with Crippen molar-refractivity contribution < 1.29 is 33.3 Å². The van der Waals surface area contributed by atoms with E-state index in [9.17, 15) is 14.4 Å². The highest BCUT2D eigenvalue weighted by atomic mass is 16.6. The van der Waals surface area contributed by atoms with E-state index < -0.39 is 30.6 Å². The lowest BCUT2D eigenvalue weighted by Gasteiger charge is -2.13. The third-order valence-corrected chi connectivity index (χ3v) is 3.24.